The van der Waals surface area contributed by atoms with E-state index < -0.39 is 17.7 Å². The molecule has 0 saturated heterocycles. The Morgan fingerprint density at radius 3 is 2.65 bits per heavy atom. The molecule has 0 bridgehead atoms. The van der Waals surface area contributed by atoms with Crippen LogP contribution < -0.4 is 5.32 Å². The molecule has 0 fully saturated rings. The third-order valence-corrected chi connectivity index (χ3v) is 3.84. The van der Waals surface area contributed by atoms with Gasteiger partial charge in [-0.1, -0.05) is 11.8 Å². The van der Waals surface area contributed by atoms with Gasteiger partial charge >= 0.3 is 5.97 Å². The average Bonchev–Trinajstić information content (AvgIpc) is 3.06. The Balaban J connectivity index is 1.77. The van der Waals surface area contributed by atoms with Crippen LogP contribution >= 0.6 is 11.8 Å². The van der Waals surface area contributed by atoms with Crippen LogP contribution in [0.1, 0.15) is 29.6 Å². The number of carbonyl (C=O) groups is 3. The van der Waals surface area contributed by atoms with Crippen LogP contribution in [-0.2, 0) is 20.9 Å². The summed E-state index contributed by atoms with van der Waals surface area (Å²) in [6, 6.07) is 5.08. The van der Waals surface area contributed by atoms with Crippen molar-refractivity contribution in [2.45, 2.75) is 25.1 Å². The van der Waals surface area contributed by atoms with Crippen molar-refractivity contribution in [2.24, 2.45) is 0 Å². The van der Waals surface area contributed by atoms with Crippen LogP contribution in [0.15, 0.2) is 33.9 Å². The molecule has 0 spiro atoms. The van der Waals surface area contributed by atoms with Gasteiger partial charge in [-0.25, -0.2) is 4.39 Å². The standard InChI is InChI=1S/C16H16FN3O5S/c1-2-24-14(22)7-12(21)9-26-16-20-19-13(25-16)8-18-15(23)10-3-5-11(17)6-4-10/h3-6H,2,7-9H2,1H3,(H,18,23). The molecule has 0 radical (unpaired) electrons. The number of aromatic nitrogens is 2. The summed E-state index contributed by atoms with van der Waals surface area (Å²) >= 11 is 0.990. The zero-order valence-electron chi connectivity index (χ0n) is 13.9. The minimum Gasteiger partial charge on any atom is -0.466 e. The van der Waals surface area contributed by atoms with Crippen LogP contribution in [0.3, 0.4) is 0 Å². The first-order chi connectivity index (χ1) is 12.5. The van der Waals surface area contributed by atoms with Crippen molar-refractivity contribution in [3.63, 3.8) is 0 Å². The Hall–Kier alpha value is -2.75. The Kier molecular flexibility index (Phi) is 7.27. The molecule has 0 aliphatic heterocycles. The summed E-state index contributed by atoms with van der Waals surface area (Å²) in [5.41, 5.74) is 0.296. The van der Waals surface area contributed by atoms with Gasteiger partial charge in [0.2, 0.25) is 5.89 Å². The number of ketones is 1. The molecule has 1 aromatic heterocycles. The number of carbonyl (C=O) groups excluding carboxylic acids is 3. The highest BCUT2D eigenvalue weighted by Crippen LogP contribution is 2.16. The second-order valence-corrected chi connectivity index (χ2v) is 5.89. The zero-order chi connectivity index (χ0) is 18.9. The maximum Gasteiger partial charge on any atom is 0.313 e. The van der Waals surface area contributed by atoms with Crippen LogP contribution in [0.2, 0.25) is 0 Å². The SMILES string of the molecule is CCOC(=O)CC(=O)CSc1nnc(CNC(=O)c2ccc(F)cc2)o1. The number of thioether (sulfide) groups is 1. The number of rotatable bonds is 9. The smallest absolute Gasteiger partial charge is 0.313 e. The lowest BCUT2D eigenvalue weighted by Crippen LogP contribution is -2.22. The highest BCUT2D eigenvalue weighted by atomic mass is 32.2. The molecule has 1 heterocycles. The molecule has 2 rings (SSSR count). The molecule has 26 heavy (non-hydrogen) atoms. The molecular formula is C16H16FN3O5S. The quantitative estimate of drug-likeness (QED) is 0.397. The summed E-state index contributed by atoms with van der Waals surface area (Å²) in [6.07, 6.45) is -0.310. The summed E-state index contributed by atoms with van der Waals surface area (Å²) < 4.78 is 22.8. The van der Waals surface area contributed by atoms with Gasteiger partial charge in [0.05, 0.1) is 18.9 Å². The van der Waals surface area contributed by atoms with Crippen molar-refractivity contribution in [1.82, 2.24) is 15.5 Å². The van der Waals surface area contributed by atoms with Gasteiger partial charge in [0.1, 0.15) is 12.2 Å². The van der Waals surface area contributed by atoms with Gasteiger partial charge in [0.15, 0.2) is 5.78 Å². The number of nitrogens with zero attached hydrogens (tertiary/aromatic N) is 2. The number of ether oxygens (including phenoxy) is 1. The van der Waals surface area contributed by atoms with Gasteiger partial charge in [-0.3, -0.25) is 14.4 Å². The minimum absolute atomic E-state index is 0.0115. The number of hydrogen-bond acceptors (Lipinski definition) is 8. The number of benzene rings is 1. The first kappa shape index (κ1) is 19.6. The molecule has 0 aliphatic rings. The predicted octanol–water partition coefficient (Wildman–Crippen LogP) is 1.75. The number of Topliss-reactive ketones (excluding diaryl/α,β-unsaturated/α-hetero) is 1. The Bertz CT molecular complexity index is 778. The molecule has 8 nitrogen and oxygen atoms in total. The fourth-order valence-electron chi connectivity index (χ4n) is 1.79. The van der Waals surface area contributed by atoms with E-state index in [9.17, 15) is 18.8 Å². The van der Waals surface area contributed by atoms with Gasteiger partial charge in [-0.05, 0) is 31.2 Å². The minimum atomic E-state index is -0.576. The Morgan fingerprint density at radius 2 is 1.96 bits per heavy atom. The zero-order valence-corrected chi connectivity index (χ0v) is 14.7. The van der Waals surface area contributed by atoms with Crippen LogP contribution in [0.5, 0.6) is 0 Å². The average molecular weight is 381 g/mol. The summed E-state index contributed by atoms with van der Waals surface area (Å²) in [7, 11) is 0. The van der Waals surface area contributed by atoms with E-state index in [2.05, 4.69) is 20.3 Å². The Labute approximate surface area is 152 Å². The second kappa shape index (κ2) is 9.66. The second-order valence-electron chi connectivity index (χ2n) is 4.96. The van der Waals surface area contributed by atoms with Gasteiger partial charge in [-0.2, -0.15) is 0 Å². The first-order valence-corrected chi connectivity index (χ1v) is 8.62. The summed E-state index contributed by atoms with van der Waals surface area (Å²) in [5.74, 6) is -1.60. The molecule has 0 aliphatic carbocycles. The summed E-state index contributed by atoms with van der Waals surface area (Å²) in [5, 5.41) is 10.2. The molecule has 0 saturated carbocycles. The van der Waals surface area contributed by atoms with Crippen molar-refractivity contribution in [3.8, 4) is 0 Å². The van der Waals surface area contributed by atoms with Gasteiger partial charge in [0.25, 0.3) is 11.1 Å². The van der Waals surface area contributed by atoms with Gasteiger partial charge in [-0.15, -0.1) is 10.2 Å². The van der Waals surface area contributed by atoms with Gasteiger partial charge < -0.3 is 14.5 Å². The van der Waals surface area contributed by atoms with Crippen molar-refractivity contribution in [1.29, 1.82) is 0 Å². The molecule has 0 atom stereocenters. The summed E-state index contributed by atoms with van der Waals surface area (Å²) in [4.78, 5) is 34.7. The number of hydrogen-bond donors (Lipinski definition) is 1. The van der Waals surface area contributed by atoms with Crippen LogP contribution in [-0.4, -0.2) is 40.2 Å². The van der Waals surface area contributed by atoms with Crippen molar-refractivity contribution < 1.29 is 27.9 Å². The van der Waals surface area contributed by atoms with E-state index >= 15 is 0 Å². The maximum atomic E-state index is 12.8. The molecule has 10 heteroatoms. The number of esters is 1. The van der Waals surface area contributed by atoms with E-state index in [0.29, 0.717) is 5.56 Å². The van der Waals surface area contributed by atoms with E-state index in [0.717, 1.165) is 11.8 Å². The van der Waals surface area contributed by atoms with Crippen LogP contribution in [0, 0.1) is 5.82 Å². The third kappa shape index (κ3) is 6.28. The van der Waals surface area contributed by atoms with Crippen molar-refractivity contribution >= 4 is 29.4 Å². The fraction of sp³-hybridized carbons (Fsp3) is 0.312. The Morgan fingerprint density at radius 1 is 1.23 bits per heavy atom. The van der Waals surface area contributed by atoms with E-state index in [4.69, 9.17) is 4.42 Å². The normalized spacial score (nSPS) is 10.4. The van der Waals surface area contributed by atoms with E-state index in [-0.39, 0.29) is 42.2 Å². The topological polar surface area (TPSA) is 111 Å². The fourth-order valence-corrected chi connectivity index (χ4v) is 2.43. The summed E-state index contributed by atoms with van der Waals surface area (Å²) in [6.45, 7) is 1.86. The molecular weight excluding hydrogens is 365 g/mol. The van der Waals surface area contributed by atoms with Crippen molar-refractivity contribution in [2.75, 3.05) is 12.4 Å². The van der Waals surface area contributed by atoms with E-state index in [1.165, 1.54) is 24.3 Å². The molecule has 1 amide bonds. The van der Waals surface area contributed by atoms with Crippen LogP contribution in [0.4, 0.5) is 4.39 Å². The number of nitrogens with one attached hydrogen (secondary N) is 1. The van der Waals surface area contributed by atoms with E-state index in [1.54, 1.807) is 6.92 Å². The maximum absolute atomic E-state index is 12.8. The molecule has 138 valence electrons. The number of amides is 1. The van der Waals surface area contributed by atoms with Crippen molar-refractivity contribution in [3.05, 3.63) is 41.5 Å². The lowest BCUT2D eigenvalue weighted by Gasteiger charge is -2.02. The molecule has 1 aromatic carbocycles. The highest BCUT2D eigenvalue weighted by molar-refractivity contribution is 7.99. The third-order valence-electron chi connectivity index (χ3n) is 2.96. The van der Waals surface area contributed by atoms with E-state index in [1.807, 2.05) is 0 Å². The molecule has 0 unspecified atom stereocenters. The predicted molar refractivity (Wildman–Crippen MR) is 88.8 cm³/mol. The lowest BCUT2D eigenvalue weighted by atomic mass is 10.2. The lowest BCUT2D eigenvalue weighted by molar-refractivity contribution is -0.145. The molecule has 1 N–H and O–H groups in total. The first-order valence-electron chi connectivity index (χ1n) is 7.64. The molecule has 2 aromatic rings. The number of halogens is 1. The highest BCUT2D eigenvalue weighted by Gasteiger charge is 2.14. The van der Waals surface area contributed by atoms with Gasteiger partial charge in [0, 0.05) is 5.56 Å². The monoisotopic (exact) mass is 381 g/mol. The largest absolute Gasteiger partial charge is 0.466 e. The van der Waals surface area contributed by atoms with Crippen LogP contribution in [0.25, 0.3) is 0 Å².